The van der Waals surface area contributed by atoms with Gasteiger partial charge in [-0.2, -0.15) is 4.31 Å². The number of amides is 1. The molecule has 0 saturated carbocycles. The number of nitrogens with one attached hydrogen (secondary N) is 2. The van der Waals surface area contributed by atoms with E-state index in [0.29, 0.717) is 32.0 Å². The molecule has 0 radical (unpaired) electrons. The van der Waals surface area contributed by atoms with Crippen LogP contribution < -0.4 is 15.5 Å². The van der Waals surface area contributed by atoms with Gasteiger partial charge < -0.3 is 19.4 Å². The molecule has 0 spiro atoms. The van der Waals surface area contributed by atoms with Crippen LogP contribution >= 0.6 is 0 Å². The number of hydrogen-bond donors (Lipinski definition) is 2. The van der Waals surface area contributed by atoms with Gasteiger partial charge in [-0.15, -0.1) is 0 Å². The van der Waals surface area contributed by atoms with Crippen molar-refractivity contribution in [3.05, 3.63) is 42.4 Å². The van der Waals surface area contributed by atoms with Crippen molar-refractivity contribution >= 4 is 27.3 Å². The minimum absolute atomic E-state index is 0.0712. The van der Waals surface area contributed by atoms with Crippen LogP contribution in [-0.4, -0.2) is 64.6 Å². The first kappa shape index (κ1) is 22.8. The first-order chi connectivity index (χ1) is 15.4. The van der Waals surface area contributed by atoms with Crippen LogP contribution in [0.15, 0.2) is 45.9 Å². The van der Waals surface area contributed by atoms with E-state index in [-0.39, 0.29) is 23.4 Å². The summed E-state index contributed by atoms with van der Waals surface area (Å²) in [5.74, 6) is 0.499. The third kappa shape index (κ3) is 5.15. The Morgan fingerprint density at radius 3 is 2.56 bits per heavy atom. The lowest BCUT2D eigenvalue weighted by atomic mass is 10.2. The Kier molecular flexibility index (Phi) is 7.14. The molecule has 1 amide bonds. The Balaban J connectivity index is 1.52. The highest BCUT2D eigenvalue weighted by Crippen LogP contribution is 2.32. The zero-order valence-electron chi connectivity index (χ0n) is 18.2. The average molecular weight is 463 g/mol. The van der Waals surface area contributed by atoms with E-state index in [4.69, 9.17) is 9.15 Å². The maximum atomic E-state index is 13.1. The van der Waals surface area contributed by atoms with E-state index in [9.17, 15) is 13.2 Å². The second-order valence-electron chi connectivity index (χ2n) is 8.06. The number of anilines is 2. The number of carbonyl (C=O) groups is 1. The van der Waals surface area contributed by atoms with Gasteiger partial charge in [0.25, 0.3) is 0 Å². The van der Waals surface area contributed by atoms with E-state index in [1.165, 1.54) is 4.31 Å². The number of ether oxygens (including phenoxy) is 1. The second kappa shape index (κ2) is 10.0. The molecule has 32 heavy (non-hydrogen) atoms. The van der Waals surface area contributed by atoms with Crippen molar-refractivity contribution < 1.29 is 22.4 Å². The van der Waals surface area contributed by atoms with Crippen molar-refractivity contribution in [1.82, 2.24) is 9.62 Å². The maximum absolute atomic E-state index is 13.1. The molecule has 174 valence electrons. The monoisotopic (exact) mass is 462 g/mol. The van der Waals surface area contributed by atoms with Crippen molar-refractivity contribution in [2.75, 3.05) is 56.2 Å². The SMILES string of the molecule is C[C@@H](NCC(=O)Nc1cc(S(=O)(=O)N2CCOCC2)ccc1N1CCCC1)c1ccco1. The van der Waals surface area contributed by atoms with E-state index < -0.39 is 10.0 Å². The normalized spacial score (nSPS) is 18.6. The molecular formula is C22H30N4O5S. The fourth-order valence-electron chi connectivity index (χ4n) is 4.02. The van der Waals surface area contributed by atoms with Crippen LogP contribution in [-0.2, 0) is 19.6 Å². The van der Waals surface area contributed by atoms with Crippen LogP contribution in [0.4, 0.5) is 11.4 Å². The van der Waals surface area contributed by atoms with Crippen molar-refractivity contribution in [2.24, 2.45) is 0 Å². The summed E-state index contributed by atoms with van der Waals surface area (Å²) in [6.45, 7) is 5.17. The number of nitrogens with zero attached hydrogens (tertiary/aromatic N) is 2. The number of carbonyl (C=O) groups excluding carboxylic acids is 1. The van der Waals surface area contributed by atoms with E-state index in [1.807, 2.05) is 13.0 Å². The fraction of sp³-hybridized carbons (Fsp3) is 0.500. The molecule has 1 aromatic heterocycles. The number of hydrogen-bond acceptors (Lipinski definition) is 7. The summed E-state index contributed by atoms with van der Waals surface area (Å²) in [5, 5.41) is 6.05. The lowest BCUT2D eigenvalue weighted by molar-refractivity contribution is -0.115. The van der Waals surface area contributed by atoms with Gasteiger partial charge in [-0.1, -0.05) is 0 Å². The fourth-order valence-corrected chi connectivity index (χ4v) is 5.46. The standard InChI is InChI=1S/C22H30N4O5S/c1-17(21-5-4-12-31-21)23-16-22(27)24-19-15-18(6-7-20(19)25-8-2-3-9-25)32(28,29)26-10-13-30-14-11-26/h4-7,12,15,17,23H,2-3,8-11,13-14,16H2,1H3,(H,24,27)/t17-/m1/s1. The molecule has 2 N–H and O–H groups in total. The zero-order valence-corrected chi connectivity index (χ0v) is 19.1. The van der Waals surface area contributed by atoms with E-state index in [0.717, 1.165) is 37.4 Å². The van der Waals surface area contributed by atoms with Crippen molar-refractivity contribution in [3.8, 4) is 0 Å². The zero-order chi connectivity index (χ0) is 22.6. The minimum Gasteiger partial charge on any atom is -0.468 e. The van der Waals surface area contributed by atoms with Gasteiger partial charge in [0.1, 0.15) is 5.76 Å². The highest BCUT2D eigenvalue weighted by molar-refractivity contribution is 7.89. The van der Waals surface area contributed by atoms with Crippen LogP contribution in [0.5, 0.6) is 0 Å². The maximum Gasteiger partial charge on any atom is 0.243 e. The third-order valence-corrected chi connectivity index (χ3v) is 7.73. The van der Waals surface area contributed by atoms with Crippen LogP contribution in [0.2, 0.25) is 0 Å². The third-order valence-electron chi connectivity index (χ3n) is 5.84. The Morgan fingerprint density at radius 1 is 1.12 bits per heavy atom. The summed E-state index contributed by atoms with van der Waals surface area (Å²) in [4.78, 5) is 15.1. The number of rotatable bonds is 8. The first-order valence-electron chi connectivity index (χ1n) is 11.0. The molecule has 0 bridgehead atoms. The quantitative estimate of drug-likeness (QED) is 0.620. The van der Waals surface area contributed by atoms with Gasteiger partial charge in [-0.25, -0.2) is 8.42 Å². The molecule has 1 aromatic carbocycles. The van der Waals surface area contributed by atoms with E-state index in [1.54, 1.807) is 30.5 Å². The summed E-state index contributed by atoms with van der Waals surface area (Å²) in [6, 6.07) is 8.53. The Morgan fingerprint density at radius 2 is 1.88 bits per heavy atom. The summed E-state index contributed by atoms with van der Waals surface area (Å²) >= 11 is 0. The second-order valence-corrected chi connectivity index (χ2v) is 9.99. The Hall–Kier alpha value is -2.40. The van der Waals surface area contributed by atoms with Crippen LogP contribution in [0, 0.1) is 0 Å². The molecule has 2 aliphatic rings. The number of benzene rings is 1. The Labute approximate surface area is 188 Å². The highest BCUT2D eigenvalue weighted by atomic mass is 32.2. The highest BCUT2D eigenvalue weighted by Gasteiger charge is 2.28. The van der Waals surface area contributed by atoms with Crippen molar-refractivity contribution in [1.29, 1.82) is 0 Å². The average Bonchev–Trinajstić information content (AvgIpc) is 3.52. The molecule has 10 heteroatoms. The Bertz CT molecular complexity index is 1010. The van der Waals surface area contributed by atoms with Crippen molar-refractivity contribution in [3.63, 3.8) is 0 Å². The summed E-state index contributed by atoms with van der Waals surface area (Å²) in [6.07, 6.45) is 3.74. The molecule has 4 rings (SSSR count). The van der Waals surface area contributed by atoms with Crippen LogP contribution in [0.25, 0.3) is 0 Å². The van der Waals surface area contributed by atoms with Gasteiger partial charge in [0.15, 0.2) is 0 Å². The smallest absolute Gasteiger partial charge is 0.243 e. The molecule has 0 unspecified atom stereocenters. The number of morpholine rings is 1. The predicted octanol–water partition coefficient (Wildman–Crippen LogP) is 2.19. The number of furan rings is 1. The van der Waals surface area contributed by atoms with Gasteiger partial charge in [0.05, 0.1) is 48.3 Å². The van der Waals surface area contributed by atoms with Gasteiger partial charge in [-0.3, -0.25) is 10.1 Å². The minimum atomic E-state index is -3.66. The summed E-state index contributed by atoms with van der Waals surface area (Å²) in [7, 11) is -3.66. The van der Waals surface area contributed by atoms with Crippen LogP contribution in [0.1, 0.15) is 31.6 Å². The van der Waals surface area contributed by atoms with Gasteiger partial charge >= 0.3 is 0 Å². The molecule has 3 heterocycles. The number of sulfonamides is 1. The topological polar surface area (TPSA) is 104 Å². The van der Waals surface area contributed by atoms with Crippen LogP contribution in [0.3, 0.4) is 0 Å². The molecule has 2 saturated heterocycles. The molecule has 1 atom stereocenters. The molecule has 2 aliphatic heterocycles. The lowest BCUT2D eigenvalue weighted by Gasteiger charge is -2.27. The first-order valence-corrected chi connectivity index (χ1v) is 12.4. The molecule has 2 aromatic rings. The largest absolute Gasteiger partial charge is 0.468 e. The molecule has 2 fully saturated rings. The molecular weight excluding hydrogens is 432 g/mol. The van der Waals surface area contributed by atoms with E-state index in [2.05, 4.69) is 15.5 Å². The van der Waals surface area contributed by atoms with Crippen molar-refractivity contribution in [2.45, 2.75) is 30.7 Å². The lowest BCUT2D eigenvalue weighted by Crippen LogP contribution is -2.40. The summed E-state index contributed by atoms with van der Waals surface area (Å²) in [5.41, 5.74) is 1.36. The van der Waals surface area contributed by atoms with Gasteiger partial charge in [0, 0.05) is 26.2 Å². The van der Waals surface area contributed by atoms with Gasteiger partial charge in [0.2, 0.25) is 15.9 Å². The summed E-state index contributed by atoms with van der Waals surface area (Å²) < 4.78 is 38.3. The van der Waals surface area contributed by atoms with Gasteiger partial charge in [-0.05, 0) is 50.1 Å². The molecule has 0 aliphatic carbocycles. The molecule has 9 nitrogen and oxygen atoms in total. The van der Waals surface area contributed by atoms with E-state index >= 15 is 0 Å². The predicted molar refractivity (Wildman–Crippen MR) is 121 cm³/mol.